The van der Waals surface area contributed by atoms with E-state index in [1.165, 1.54) is 12.5 Å². The van der Waals surface area contributed by atoms with Crippen LogP contribution in [0.25, 0.3) is 0 Å². The Morgan fingerprint density at radius 2 is 1.41 bits per heavy atom. The molecular weight excluding hydrogens is 828 g/mol. The number of hydrogen-bond donors (Lipinski definition) is 10. The summed E-state index contributed by atoms with van der Waals surface area (Å²) in [4.78, 5) is 0. The maximum absolute atomic E-state index is 11.6. The molecular formula is C45H72O18. The molecule has 18 nitrogen and oxygen atoms in total. The molecule has 0 aromatic carbocycles. The molecule has 8 fully saturated rings. The molecule has 5 saturated heterocycles. The van der Waals surface area contributed by atoms with Crippen molar-refractivity contribution in [1.29, 1.82) is 0 Å². The lowest BCUT2D eigenvalue weighted by atomic mass is 9.47. The SMILES string of the molecule is CC1COC2(OC3CC4C5CC=C6CC(OC7OC(COC8OC(CO)C(O)C(O)C8O)C(O)C(O)C7OC7OC(C)C(O)C(O)C7O)CCC6(C)C5CCC4(C)C3C2C)C(O)C1. The summed E-state index contributed by atoms with van der Waals surface area (Å²) in [6.45, 7) is 10.1. The van der Waals surface area contributed by atoms with Crippen molar-refractivity contribution in [3.05, 3.63) is 11.6 Å². The average molecular weight is 901 g/mol. The van der Waals surface area contributed by atoms with Crippen molar-refractivity contribution in [2.75, 3.05) is 19.8 Å². The molecule has 0 radical (unpaired) electrons. The van der Waals surface area contributed by atoms with Gasteiger partial charge in [-0.15, -0.1) is 0 Å². The van der Waals surface area contributed by atoms with E-state index < -0.39 is 123 Å². The van der Waals surface area contributed by atoms with Gasteiger partial charge < -0.3 is 89.0 Å². The van der Waals surface area contributed by atoms with E-state index in [1.807, 2.05) is 0 Å². The number of rotatable bonds is 8. The number of aliphatic hydroxyl groups is 10. The van der Waals surface area contributed by atoms with Gasteiger partial charge in [0.25, 0.3) is 0 Å². The predicted octanol–water partition coefficient (Wildman–Crippen LogP) is -0.815. The highest BCUT2D eigenvalue weighted by Crippen LogP contribution is 2.70. The van der Waals surface area contributed by atoms with Crippen molar-refractivity contribution in [1.82, 2.24) is 0 Å². The first-order valence-corrected chi connectivity index (χ1v) is 23.5. The lowest BCUT2D eigenvalue weighted by molar-refractivity contribution is -0.375. The van der Waals surface area contributed by atoms with Gasteiger partial charge in [0.2, 0.25) is 0 Å². The Morgan fingerprint density at radius 3 is 2.14 bits per heavy atom. The fourth-order valence-corrected chi connectivity index (χ4v) is 14.1. The molecule has 1 spiro atoms. The van der Waals surface area contributed by atoms with Crippen molar-refractivity contribution < 1.29 is 89.0 Å². The number of allylic oxidation sites excluding steroid dienone is 1. The van der Waals surface area contributed by atoms with Crippen LogP contribution in [-0.4, -0.2) is 187 Å². The molecule has 27 atom stereocenters. The van der Waals surface area contributed by atoms with Gasteiger partial charge in [0, 0.05) is 5.92 Å². The van der Waals surface area contributed by atoms with Gasteiger partial charge in [-0.3, -0.25) is 0 Å². The van der Waals surface area contributed by atoms with Gasteiger partial charge in [-0.1, -0.05) is 39.3 Å². The Kier molecular flexibility index (Phi) is 13.1. The van der Waals surface area contributed by atoms with Crippen LogP contribution in [0.4, 0.5) is 0 Å². The highest BCUT2D eigenvalue weighted by atomic mass is 16.8. The minimum absolute atomic E-state index is 0.0433. The maximum atomic E-state index is 11.6. The molecule has 4 aliphatic carbocycles. The summed E-state index contributed by atoms with van der Waals surface area (Å²) in [6, 6.07) is 0. The lowest BCUT2D eigenvalue weighted by Crippen LogP contribution is -2.65. The van der Waals surface area contributed by atoms with Crippen LogP contribution in [0, 0.1) is 46.3 Å². The molecule has 0 aromatic rings. The van der Waals surface area contributed by atoms with Gasteiger partial charge in [0.05, 0.1) is 38.1 Å². The van der Waals surface area contributed by atoms with Crippen molar-refractivity contribution in [2.24, 2.45) is 46.3 Å². The third-order valence-electron chi connectivity index (χ3n) is 17.7. The van der Waals surface area contributed by atoms with Gasteiger partial charge in [0.15, 0.2) is 24.7 Å². The van der Waals surface area contributed by atoms with Gasteiger partial charge in [-0.2, -0.15) is 0 Å². The number of hydrogen-bond acceptors (Lipinski definition) is 18. The fraction of sp³-hybridized carbons (Fsp3) is 0.956. The topological polar surface area (TPSA) is 276 Å². The first-order valence-electron chi connectivity index (χ1n) is 23.5. The van der Waals surface area contributed by atoms with E-state index in [-0.39, 0.29) is 22.9 Å². The fourth-order valence-electron chi connectivity index (χ4n) is 14.1. The largest absolute Gasteiger partial charge is 0.394 e. The molecule has 27 unspecified atom stereocenters. The Labute approximate surface area is 368 Å². The van der Waals surface area contributed by atoms with Crippen molar-refractivity contribution in [3.63, 3.8) is 0 Å². The molecule has 10 N–H and O–H groups in total. The van der Waals surface area contributed by atoms with Crippen LogP contribution >= 0.6 is 0 Å². The molecule has 0 bridgehead atoms. The minimum Gasteiger partial charge on any atom is -0.394 e. The van der Waals surface area contributed by atoms with Gasteiger partial charge >= 0.3 is 0 Å². The standard InChI is InChI=1S/C45H72O18/c1-18-12-29(47)45(57-16-18)19(2)30-26(63-45)14-25-23-7-6-21-13-22(8-10-43(21,4)24(23)9-11-44(25,30)5)59-42-39(62-41-38(55)34(51)31(48)20(3)58-41)36(53)33(50)28(61-42)17-56-40-37(54)35(52)32(49)27(15-46)60-40/h6,18-20,22-42,46-55H,7-17H2,1-5H3. The molecule has 3 saturated carbocycles. The monoisotopic (exact) mass is 900 g/mol. The molecule has 63 heavy (non-hydrogen) atoms. The van der Waals surface area contributed by atoms with Gasteiger partial charge in [0.1, 0.15) is 73.2 Å². The molecule has 9 aliphatic rings. The number of aliphatic hydroxyl groups excluding tert-OH is 10. The summed E-state index contributed by atoms with van der Waals surface area (Å²) in [5, 5.41) is 107. The third kappa shape index (κ3) is 7.71. The Morgan fingerprint density at radius 1 is 0.714 bits per heavy atom. The quantitative estimate of drug-likeness (QED) is 0.133. The summed E-state index contributed by atoms with van der Waals surface area (Å²) in [6.07, 6.45) is -14.4. The minimum atomic E-state index is -1.72. The zero-order valence-electron chi connectivity index (χ0n) is 37.0. The zero-order valence-corrected chi connectivity index (χ0v) is 37.0. The molecule has 5 aliphatic heterocycles. The van der Waals surface area contributed by atoms with Gasteiger partial charge in [-0.05, 0) is 98.7 Å². The molecule has 5 heterocycles. The Bertz CT molecular complexity index is 1650. The van der Waals surface area contributed by atoms with E-state index >= 15 is 0 Å². The first-order chi connectivity index (χ1) is 29.8. The normalized spacial score (nSPS) is 58.1. The Hall–Kier alpha value is -0.980. The van der Waals surface area contributed by atoms with E-state index in [0.29, 0.717) is 55.5 Å². The maximum Gasteiger partial charge on any atom is 0.197 e. The van der Waals surface area contributed by atoms with Crippen molar-refractivity contribution in [3.8, 4) is 0 Å². The summed E-state index contributed by atoms with van der Waals surface area (Å²) < 4.78 is 49.2. The predicted molar refractivity (Wildman–Crippen MR) is 216 cm³/mol. The summed E-state index contributed by atoms with van der Waals surface area (Å²) >= 11 is 0. The summed E-state index contributed by atoms with van der Waals surface area (Å²) in [5.74, 6) is 1.14. The van der Waals surface area contributed by atoms with E-state index in [1.54, 1.807) is 0 Å². The summed E-state index contributed by atoms with van der Waals surface area (Å²) in [5.41, 5.74) is 1.28. The van der Waals surface area contributed by atoms with E-state index in [4.69, 9.17) is 37.9 Å². The van der Waals surface area contributed by atoms with Crippen molar-refractivity contribution in [2.45, 2.75) is 202 Å². The van der Waals surface area contributed by atoms with E-state index in [2.05, 4.69) is 33.8 Å². The molecule has 0 aromatic heterocycles. The van der Waals surface area contributed by atoms with E-state index in [0.717, 1.165) is 32.1 Å². The highest BCUT2D eigenvalue weighted by Gasteiger charge is 2.70. The van der Waals surface area contributed by atoms with Crippen LogP contribution in [0.15, 0.2) is 11.6 Å². The Balaban J connectivity index is 0.905. The summed E-state index contributed by atoms with van der Waals surface area (Å²) in [7, 11) is 0. The van der Waals surface area contributed by atoms with E-state index in [9.17, 15) is 51.1 Å². The molecule has 0 amide bonds. The van der Waals surface area contributed by atoms with Crippen LogP contribution < -0.4 is 0 Å². The number of ether oxygens (including phenoxy) is 8. The number of fused-ring (bicyclic) bond motifs is 7. The molecule has 9 rings (SSSR count). The third-order valence-corrected chi connectivity index (χ3v) is 17.7. The van der Waals surface area contributed by atoms with Crippen LogP contribution in [0.1, 0.15) is 86.0 Å². The van der Waals surface area contributed by atoms with Gasteiger partial charge in [-0.25, -0.2) is 0 Å². The molecule has 18 heteroatoms. The van der Waals surface area contributed by atoms with Crippen LogP contribution in [0.2, 0.25) is 0 Å². The average Bonchev–Trinajstić information content (AvgIpc) is 3.71. The van der Waals surface area contributed by atoms with Crippen molar-refractivity contribution >= 4 is 0 Å². The first kappa shape index (κ1) is 47.1. The highest BCUT2D eigenvalue weighted by molar-refractivity contribution is 5.26. The second kappa shape index (κ2) is 17.5. The second-order valence-corrected chi connectivity index (χ2v) is 21.2. The van der Waals surface area contributed by atoms with Crippen LogP contribution in [0.3, 0.4) is 0 Å². The molecule has 360 valence electrons. The van der Waals surface area contributed by atoms with Crippen LogP contribution in [-0.2, 0) is 37.9 Å². The second-order valence-electron chi connectivity index (χ2n) is 21.2. The van der Waals surface area contributed by atoms with Crippen LogP contribution in [0.5, 0.6) is 0 Å². The zero-order chi connectivity index (χ0) is 45.1. The smallest absolute Gasteiger partial charge is 0.197 e. The lowest BCUT2D eigenvalue weighted by Gasteiger charge is -2.59.